The molecule has 152 valence electrons. The van der Waals surface area contributed by atoms with Gasteiger partial charge in [0.15, 0.2) is 6.61 Å². The summed E-state index contributed by atoms with van der Waals surface area (Å²) in [5.74, 6) is -0.583. The van der Waals surface area contributed by atoms with E-state index in [4.69, 9.17) is 14.6 Å². The first-order valence-corrected chi connectivity index (χ1v) is 9.31. The highest BCUT2D eigenvalue weighted by Crippen LogP contribution is 2.25. The number of carbonyl (C=O) groups excluding carboxylic acids is 1. The second-order valence-corrected chi connectivity index (χ2v) is 6.24. The monoisotopic (exact) mass is 403 g/mol. The SMILES string of the molecule is O=C(O)COc1cccc(C=CCOC(=O)N(c2ccccc2)c2ccccc2)c1. The van der Waals surface area contributed by atoms with E-state index in [9.17, 15) is 9.59 Å². The summed E-state index contributed by atoms with van der Waals surface area (Å²) in [6.45, 7) is -0.325. The van der Waals surface area contributed by atoms with Crippen molar-refractivity contribution in [3.8, 4) is 5.75 Å². The van der Waals surface area contributed by atoms with Crippen LogP contribution in [0, 0.1) is 0 Å². The minimum atomic E-state index is -1.04. The van der Waals surface area contributed by atoms with Gasteiger partial charge in [-0.1, -0.05) is 54.6 Å². The molecule has 6 heteroatoms. The van der Waals surface area contributed by atoms with Crippen LogP contribution in [-0.2, 0) is 9.53 Å². The van der Waals surface area contributed by atoms with Crippen molar-refractivity contribution in [2.45, 2.75) is 0 Å². The van der Waals surface area contributed by atoms with Crippen molar-refractivity contribution in [1.82, 2.24) is 0 Å². The molecule has 0 spiro atoms. The number of nitrogens with zero attached hydrogens (tertiary/aromatic N) is 1. The van der Waals surface area contributed by atoms with Gasteiger partial charge in [-0.05, 0) is 48.0 Å². The van der Waals surface area contributed by atoms with Crippen LogP contribution in [0.4, 0.5) is 16.2 Å². The topological polar surface area (TPSA) is 76.1 Å². The Morgan fingerprint density at radius 1 is 0.867 bits per heavy atom. The normalized spacial score (nSPS) is 10.5. The third-order valence-electron chi connectivity index (χ3n) is 4.05. The fourth-order valence-electron chi connectivity index (χ4n) is 2.74. The fraction of sp³-hybridized carbons (Fsp3) is 0.0833. The van der Waals surface area contributed by atoms with E-state index in [1.807, 2.05) is 66.7 Å². The molecule has 30 heavy (non-hydrogen) atoms. The van der Waals surface area contributed by atoms with E-state index < -0.39 is 18.7 Å². The summed E-state index contributed by atoms with van der Waals surface area (Å²) in [5, 5.41) is 8.69. The van der Waals surface area contributed by atoms with E-state index in [-0.39, 0.29) is 6.61 Å². The molecule has 0 fully saturated rings. The van der Waals surface area contributed by atoms with Crippen molar-refractivity contribution in [3.63, 3.8) is 0 Å². The maximum absolute atomic E-state index is 12.8. The minimum absolute atomic E-state index is 0.0786. The highest BCUT2D eigenvalue weighted by atomic mass is 16.6. The number of carbonyl (C=O) groups is 2. The van der Waals surface area contributed by atoms with E-state index in [2.05, 4.69) is 0 Å². The Balaban J connectivity index is 1.63. The molecule has 0 aliphatic heterocycles. The van der Waals surface area contributed by atoms with Gasteiger partial charge in [-0.3, -0.25) is 0 Å². The predicted octanol–water partition coefficient (Wildman–Crippen LogP) is 5.14. The van der Waals surface area contributed by atoms with Crippen LogP contribution in [0.2, 0.25) is 0 Å². The molecule has 0 unspecified atom stereocenters. The molecule has 6 nitrogen and oxygen atoms in total. The molecule has 0 radical (unpaired) electrons. The number of amides is 1. The molecule has 3 aromatic carbocycles. The van der Waals surface area contributed by atoms with Crippen LogP contribution in [0.3, 0.4) is 0 Å². The largest absolute Gasteiger partial charge is 0.482 e. The number of anilines is 2. The van der Waals surface area contributed by atoms with Crippen LogP contribution in [0.25, 0.3) is 6.08 Å². The molecule has 3 rings (SSSR count). The summed E-state index contributed by atoms with van der Waals surface area (Å²) < 4.78 is 10.6. The van der Waals surface area contributed by atoms with Gasteiger partial charge in [-0.15, -0.1) is 0 Å². The maximum atomic E-state index is 12.8. The lowest BCUT2D eigenvalue weighted by atomic mass is 10.2. The minimum Gasteiger partial charge on any atom is -0.482 e. The molecule has 0 aromatic heterocycles. The Bertz CT molecular complexity index is 963. The van der Waals surface area contributed by atoms with Gasteiger partial charge in [0.1, 0.15) is 12.4 Å². The zero-order chi connectivity index (χ0) is 21.2. The quantitative estimate of drug-likeness (QED) is 0.564. The lowest BCUT2D eigenvalue weighted by Gasteiger charge is -2.22. The van der Waals surface area contributed by atoms with E-state index in [0.717, 1.165) is 5.56 Å². The summed E-state index contributed by atoms with van der Waals surface area (Å²) in [6.07, 6.45) is 2.99. The average molecular weight is 403 g/mol. The Morgan fingerprint density at radius 2 is 1.50 bits per heavy atom. The van der Waals surface area contributed by atoms with Crippen LogP contribution in [0.5, 0.6) is 5.75 Å². The molecule has 3 aromatic rings. The third-order valence-corrected chi connectivity index (χ3v) is 4.05. The number of rotatable bonds is 8. The van der Waals surface area contributed by atoms with Crippen molar-refractivity contribution in [1.29, 1.82) is 0 Å². The average Bonchev–Trinajstić information content (AvgIpc) is 2.77. The van der Waals surface area contributed by atoms with Crippen LogP contribution >= 0.6 is 0 Å². The number of hydrogen-bond acceptors (Lipinski definition) is 4. The number of aliphatic carboxylic acids is 1. The Labute approximate surface area is 174 Å². The molecule has 0 heterocycles. The number of carboxylic acid groups (broad SMARTS) is 1. The first-order valence-electron chi connectivity index (χ1n) is 9.31. The second kappa shape index (κ2) is 10.5. The molecule has 0 saturated heterocycles. The van der Waals surface area contributed by atoms with Gasteiger partial charge >= 0.3 is 12.1 Å². The van der Waals surface area contributed by atoms with E-state index in [0.29, 0.717) is 17.1 Å². The molecule has 1 amide bonds. The van der Waals surface area contributed by atoms with Crippen molar-refractivity contribution in [3.05, 3.63) is 96.6 Å². The molecular weight excluding hydrogens is 382 g/mol. The summed E-state index contributed by atoms with van der Waals surface area (Å²) in [4.78, 5) is 24.9. The van der Waals surface area contributed by atoms with Gasteiger partial charge in [0, 0.05) is 0 Å². The van der Waals surface area contributed by atoms with Gasteiger partial charge in [0.25, 0.3) is 0 Å². The highest BCUT2D eigenvalue weighted by molar-refractivity contribution is 5.95. The Kier molecular flexibility index (Phi) is 7.22. The fourth-order valence-corrected chi connectivity index (χ4v) is 2.74. The van der Waals surface area contributed by atoms with Gasteiger partial charge in [-0.25, -0.2) is 14.5 Å². The first-order chi connectivity index (χ1) is 14.6. The van der Waals surface area contributed by atoms with Gasteiger partial charge in [-0.2, -0.15) is 0 Å². The number of ether oxygens (including phenoxy) is 2. The zero-order valence-electron chi connectivity index (χ0n) is 16.2. The molecule has 1 N–H and O–H groups in total. The van der Waals surface area contributed by atoms with Crippen molar-refractivity contribution in [2.24, 2.45) is 0 Å². The lowest BCUT2D eigenvalue weighted by molar-refractivity contribution is -0.139. The van der Waals surface area contributed by atoms with Crippen molar-refractivity contribution in [2.75, 3.05) is 18.1 Å². The number of hydrogen-bond donors (Lipinski definition) is 1. The van der Waals surface area contributed by atoms with Gasteiger partial charge in [0.05, 0.1) is 11.4 Å². The van der Waals surface area contributed by atoms with Crippen LogP contribution in [0.1, 0.15) is 5.56 Å². The summed E-state index contributed by atoms with van der Waals surface area (Å²) in [7, 11) is 0. The zero-order valence-corrected chi connectivity index (χ0v) is 16.2. The Hall–Kier alpha value is -4.06. The summed E-state index contributed by atoms with van der Waals surface area (Å²) >= 11 is 0. The van der Waals surface area contributed by atoms with Crippen molar-refractivity contribution < 1.29 is 24.2 Å². The van der Waals surface area contributed by atoms with Gasteiger partial charge < -0.3 is 14.6 Å². The lowest BCUT2D eigenvalue weighted by Crippen LogP contribution is -2.26. The molecule has 0 aliphatic carbocycles. The van der Waals surface area contributed by atoms with E-state index in [1.54, 1.807) is 30.4 Å². The van der Waals surface area contributed by atoms with E-state index in [1.165, 1.54) is 4.90 Å². The highest BCUT2D eigenvalue weighted by Gasteiger charge is 2.18. The molecule has 0 saturated carbocycles. The number of carboxylic acids is 1. The third kappa shape index (κ3) is 5.97. The maximum Gasteiger partial charge on any atom is 0.419 e. The van der Waals surface area contributed by atoms with Crippen LogP contribution < -0.4 is 9.64 Å². The Morgan fingerprint density at radius 3 is 2.10 bits per heavy atom. The molecule has 0 atom stereocenters. The molecular formula is C24H21NO5. The first kappa shape index (κ1) is 20.7. The summed E-state index contributed by atoms with van der Waals surface area (Å²) in [6, 6.07) is 25.6. The van der Waals surface area contributed by atoms with E-state index >= 15 is 0 Å². The predicted molar refractivity (Wildman–Crippen MR) is 115 cm³/mol. The van der Waals surface area contributed by atoms with Crippen LogP contribution in [-0.4, -0.2) is 30.4 Å². The van der Waals surface area contributed by atoms with Gasteiger partial charge in [0.2, 0.25) is 0 Å². The van der Waals surface area contributed by atoms with Crippen molar-refractivity contribution >= 4 is 29.5 Å². The molecule has 0 bridgehead atoms. The second-order valence-electron chi connectivity index (χ2n) is 6.24. The standard InChI is InChI=1S/C24H21NO5/c26-23(27)18-30-22-15-7-9-19(17-22)10-8-16-29-24(28)25(20-11-3-1-4-12-20)21-13-5-2-6-14-21/h1-15,17H,16,18H2,(H,26,27). The number of benzene rings is 3. The van der Waals surface area contributed by atoms with Crippen LogP contribution in [0.15, 0.2) is 91.0 Å². The smallest absolute Gasteiger partial charge is 0.419 e. The summed E-state index contributed by atoms with van der Waals surface area (Å²) in [5.41, 5.74) is 2.22. The molecule has 0 aliphatic rings. The number of para-hydroxylation sites is 2.